The fourth-order valence-electron chi connectivity index (χ4n) is 2.32. The summed E-state index contributed by atoms with van der Waals surface area (Å²) in [4.78, 5) is 0.331. The van der Waals surface area contributed by atoms with Crippen molar-refractivity contribution >= 4 is 25.8 Å². The van der Waals surface area contributed by atoms with Gasteiger partial charge in [-0.05, 0) is 43.2 Å². The lowest BCUT2D eigenvalue weighted by Gasteiger charge is -2.29. The Morgan fingerprint density at radius 3 is 2.19 bits per heavy atom. The van der Waals surface area contributed by atoms with Crippen LogP contribution in [0.2, 0.25) is 0 Å². The van der Waals surface area contributed by atoms with E-state index < -0.39 is 14.6 Å². The lowest BCUT2D eigenvalue weighted by atomic mass is 9.97. The molecule has 0 unspecified atom stereocenters. The molecule has 2 aromatic carbocycles. The minimum Gasteiger partial charge on any atom is -0.223 e. The Labute approximate surface area is 134 Å². The van der Waals surface area contributed by atoms with Crippen LogP contribution in [0.5, 0.6) is 0 Å². The van der Waals surface area contributed by atoms with Crippen molar-refractivity contribution < 1.29 is 8.42 Å². The van der Waals surface area contributed by atoms with Crippen LogP contribution < -0.4 is 0 Å². The standard InChI is InChI=1S/C17H17BrO2S/c1-3-13-17(2,14-9-11-15(18)12-10-14)21(19,20)16-7-5-4-6-8-16/h3-12H,1,13H2,2H3/t17-/m0/s1. The third kappa shape index (κ3) is 2.97. The van der Waals surface area contributed by atoms with Crippen LogP contribution in [-0.4, -0.2) is 8.42 Å². The molecule has 0 spiro atoms. The Balaban J connectivity index is 2.62. The summed E-state index contributed by atoms with van der Waals surface area (Å²) in [5.41, 5.74) is 0.759. The van der Waals surface area contributed by atoms with Crippen LogP contribution >= 0.6 is 15.9 Å². The predicted molar refractivity (Wildman–Crippen MR) is 89.9 cm³/mol. The molecule has 2 aromatic rings. The van der Waals surface area contributed by atoms with Crippen molar-refractivity contribution in [1.82, 2.24) is 0 Å². The van der Waals surface area contributed by atoms with Gasteiger partial charge in [0, 0.05) is 4.47 Å². The summed E-state index contributed by atoms with van der Waals surface area (Å²) in [6.07, 6.45) is 2.01. The Bertz CT molecular complexity index is 721. The Hall–Kier alpha value is -1.39. The second-order valence-corrected chi connectivity index (χ2v) is 8.34. The van der Waals surface area contributed by atoms with E-state index in [2.05, 4.69) is 22.5 Å². The molecule has 0 aromatic heterocycles. The van der Waals surface area contributed by atoms with Crippen molar-refractivity contribution in [2.45, 2.75) is 23.0 Å². The maximum absolute atomic E-state index is 13.1. The summed E-state index contributed by atoms with van der Waals surface area (Å²) in [7, 11) is -3.52. The topological polar surface area (TPSA) is 34.1 Å². The van der Waals surface area contributed by atoms with E-state index >= 15 is 0 Å². The van der Waals surface area contributed by atoms with Crippen molar-refractivity contribution in [1.29, 1.82) is 0 Å². The number of halogens is 1. The molecule has 0 heterocycles. The zero-order chi connectivity index (χ0) is 15.5. The Morgan fingerprint density at radius 1 is 1.10 bits per heavy atom. The molecule has 0 fully saturated rings. The Morgan fingerprint density at radius 2 is 1.67 bits per heavy atom. The van der Waals surface area contributed by atoms with Gasteiger partial charge < -0.3 is 0 Å². The molecule has 0 saturated heterocycles. The Kier molecular flexibility index (Phi) is 4.69. The fourth-order valence-corrected chi connectivity index (χ4v) is 4.40. The molecule has 2 rings (SSSR count). The molecule has 1 atom stereocenters. The highest BCUT2D eigenvalue weighted by atomic mass is 79.9. The molecule has 0 bridgehead atoms. The third-order valence-corrected chi connectivity index (χ3v) is 6.65. The lowest BCUT2D eigenvalue weighted by molar-refractivity contribution is 0.540. The van der Waals surface area contributed by atoms with Crippen LogP contribution in [-0.2, 0) is 14.6 Å². The van der Waals surface area contributed by atoms with E-state index in [0.29, 0.717) is 11.3 Å². The van der Waals surface area contributed by atoms with Gasteiger partial charge in [-0.1, -0.05) is 52.3 Å². The molecular formula is C17H17BrO2S. The smallest absolute Gasteiger partial charge is 0.188 e. The SMILES string of the molecule is C=CC[C@@](C)(c1ccc(Br)cc1)S(=O)(=O)c1ccccc1. The molecule has 0 aliphatic rings. The first-order chi connectivity index (χ1) is 9.91. The van der Waals surface area contributed by atoms with Gasteiger partial charge in [0.2, 0.25) is 0 Å². The number of rotatable bonds is 5. The van der Waals surface area contributed by atoms with E-state index in [9.17, 15) is 8.42 Å². The first kappa shape index (κ1) is 16.0. The molecular weight excluding hydrogens is 348 g/mol. The number of hydrogen-bond acceptors (Lipinski definition) is 2. The molecule has 0 aliphatic carbocycles. The summed E-state index contributed by atoms with van der Waals surface area (Å²) < 4.78 is 26.0. The van der Waals surface area contributed by atoms with Gasteiger partial charge in [0.05, 0.1) is 4.90 Å². The number of benzene rings is 2. The first-order valence-electron chi connectivity index (χ1n) is 6.58. The third-order valence-electron chi connectivity index (χ3n) is 3.64. The second-order valence-electron chi connectivity index (χ2n) is 5.05. The van der Waals surface area contributed by atoms with E-state index in [4.69, 9.17) is 0 Å². The van der Waals surface area contributed by atoms with Gasteiger partial charge in [-0.2, -0.15) is 0 Å². The van der Waals surface area contributed by atoms with Crippen molar-refractivity contribution in [2.75, 3.05) is 0 Å². The van der Waals surface area contributed by atoms with Crippen LogP contribution in [0.15, 0.2) is 76.6 Å². The summed E-state index contributed by atoms with van der Waals surface area (Å²) >= 11 is 3.38. The quantitative estimate of drug-likeness (QED) is 0.719. The molecule has 0 amide bonds. The van der Waals surface area contributed by atoms with Crippen molar-refractivity contribution in [3.8, 4) is 0 Å². The molecule has 0 radical (unpaired) electrons. The molecule has 0 N–H and O–H groups in total. The highest BCUT2D eigenvalue weighted by Gasteiger charge is 2.40. The van der Waals surface area contributed by atoms with Gasteiger partial charge in [-0.15, -0.1) is 6.58 Å². The summed E-state index contributed by atoms with van der Waals surface area (Å²) in [6.45, 7) is 5.47. The number of hydrogen-bond donors (Lipinski definition) is 0. The van der Waals surface area contributed by atoms with Crippen LogP contribution in [0.4, 0.5) is 0 Å². The van der Waals surface area contributed by atoms with Crippen molar-refractivity contribution in [3.63, 3.8) is 0 Å². The normalized spacial score (nSPS) is 14.4. The molecule has 2 nitrogen and oxygen atoms in total. The van der Waals surface area contributed by atoms with Gasteiger partial charge in [-0.25, -0.2) is 8.42 Å². The van der Waals surface area contributed by atoms with E-state index in [-0.39, 0.29) is 0 Å². The van der Waals surface area contributed by atoms with Crippen LogP contribution in [0.1, 0.15) is 18.9 Å². The maximum atomic E-state index is 13.1. The van der Waals surface area contributed by atoms with E-state index in [0.717, 1.165) is 10.0 Å². The van der Waals surface area contributed by atoms with Crippen LogP contribution in [0.3, 0.4) is 0 Å². The van der Waals surface area contributed by atoms with Crippen molar-refractivity contribution in [2.24, 2.45) is 0 Å². The highest BCUT2D eigenvalue weighted by molar-refractivity contribution is 9.10. The summed E-state index contributed by atoms with van der Waals surface area (Å²) in [6, 6.07) is 16.0. The first-order valence-corrected chi connectivity index (χ1v) is 8.86. The van der Waals surface area contributed by atoms with Crippen LogP contribution in [0.25, 0.3) is 0 Å². The maximum Gasteiger partial charge on any atom is 0.188 e. The van der Waals surface area contributed by atoms with Crippen molar-refractivity contribution in [3.05, 3.63) is 77.3 Å². The molecule has 0 aliphatic heterocycles. The zero-order valence-corrected chi connectivity index (χ0v) is 14.2. The minimum absolute atomic E-state index is 0.331. The number of allylic oxidation sites excluding steroid dienone is 1. The predicted octanol–water partition coefficient (Wildman–Crippen LogP) is 4.71. The van der Waals surface area contributed by atoms with Gasteiger partial charge in [0.25, 0.3) is 0 Å². The number of sulfone groups is 1. The van der Waals surface area contributed by atoms with E-state index in [1.54, 1.807) is 37.3 Å². The molecule has 21 heavy (non-hydrogen) atoms. The van der Waals surface area contributed by atoms with Crippen LogP contribution in [0, 0.1) is 0 Å². The fraction of sp³-hybridized carbons (Fsp3) is 0.176. The van der Waals surface area contributed by atoms with Gasteiger partial charge in [0.1, 0.15) is 4.75 Å². The zero-order valence-electron chi connectivity index (χ0n) is 11.8. The average Bonchev–Trinajstić information content (AvgIpc) is 2.49. The molecule has 0 saturated carbocycles. The second kappa shape index (κ2) is 6.16. The lowest BCUT2D eigenvalue weighted by Crippen LogP contribution is -2.32. The highest BCUT2D eigenvalue weighted by Crippen LogP contribution is 2.38. The monoisotopic (exact) mass is 364 g/mol. The summed E-state index contributed by atoms with van der Waals surface area (Å²) in [5, 5.41) is 0. The largest absolute Gasteiger partial charge is 0.223 e. The van der Waals surface area contributed by atoms with Gasteiger partial charge in [-0.3, -0.25) is 0 Å². The molecule has 4 heteroatoms. The van der Waals surface area contributed by atoms with E-state index in [1.807, 2.05) is 30.3 Å². The minimum atomic E-state index is -3.52. The summed E-state index contributed by atoms with van der Waals surface area (Å²) in [5.74, 6) is 0. The van der Waals surface area contributed by atoms with Gasteiger partial charge >= 0.3 is 0 Å². The van der Waals surface area contributed by atoms with E-state index in [1.165, 1.54) is 0 Å². The van der Waals surface area contributed by atoms with Gasteiger partial charge in [0.15, 0.2) is 9.84 Å². The average molecular weight is 365 g/mol. The molecule has 110 valence electrons.